The Labute approximate surface area is 148 Å². The first kappa shape index (κ1) is 16.3. The topological polar surface area (TPSA) is 43.8 Å². The monoisotopic (exact) mass is 336 g/mol. The summed E-state index contributed by atoms with van der Waals surface area (Å²) in [7, 11) is 0. The highest BCUT2D eigenvalue weighted by molar-refractivity contribution is 5.94. The third-order valence-electron chi connectivity index (χ3n) is 5.48. The quantitative estimate of drug-likeness (QED) is 0.917. The van der Waals surface area contributed by atoms with Crippen LogP contribution in [-0.4, -0.2) is 46.5 Å². The fourth-order valence-electron chi connectivity index (χ4n) is 4.08. The predicted octanol–water partition coefficient (Wildman–Crippen LogP) is 2.84. The van der Waals surface area contributed by atoms with Gasteiger partial charge in [0, 0.05) is 37.8 Å². The van der Waals surface area contributed by atoms with Gasteiger partial charge < -0.3 is 10.0 Å². The maximum atomic E-state index is 12.6. The van der Waals surface area contributed by atoms with E-state index in [1.165, 1.54) is 5.56 Å². The normalized spacial score (nSPS) is 21.8. The highest BCUT2D eigenvalue weighted by Gasteiger charge is 2.31. The van der Waals surface area contributed by atoms with Crippen molar-refractivity contribution in [3.63, 3.8) is 0 Å². The summed E-state index contributed by atoms with van der Waals surface area (Å²) < 4.78 is 0. The first-order valence-electron chi connectivity index (χ1n) is 9.06. The zero-order valence-corrected chi connectivity index (χ0v) is 14.3. The molecule has 4 rings (SSSR count). The van der Waals surface area contributed by atoms with Crippen molar-refractivity contribution in [3.8, 4) is 0 Å². The van der Waals surface area contributed by atoms with Crippen LogP contribution in [0.25, 0.3) is 0 Å². The van der Waals surface area contributed by atoms with E-state index in [0.717, 1.165) is 43.6 Å². The number of aliphatic hydroxyl groups excluding tert-OH is 1. The zero-order valence-electron chi connectivity index (χ0n) is 14.3. The second-order valence-corrected chi connectivity index (χ2v) is 7.03. The standard InChI is InChI=1S/C21H24N2O2/c24-20-15-23(14-17-8-4-5-9-19(17)20)18-10-12-22(13-11-18)21(25)16-6-2-1-3-7-16/h1-9,18,20,24H,10-15H2/t20-/m0/s1. The number of hydrogen-bond acceptors (Lipinski definition) is 3. The number of piperidine rings is 1. The molecule has 2 heterocycles. The molecule has 0 saturated carbocycles. The van der Waals surface area contributed by atoms with Crippen molar-refractivity contribution in [2.24, 2.45) is 0 Å². The van der Waals surface area contributed by atoms with Crippen LogP contribution in [0.2, 0.25) is 0 Å². The highest BCUT2D eigenvalue weighted by atomic mass is 16.3. The Hall–Kier alpha value is -2.17. The van der Waals surface area contributed by atoms with Crippen LogP contribution in [-0.2, 0) is 6.54 Å². The Balaban J connectivity index is 1.39. The molecule has 1 N–H and O–H groups in total. The summed E-state index contributed by atoms with van der Waals surface area (Å²) in [6.07, 6.45) is 1.52. The van der Waals surface area contributed by atoms with Crippen LogP contribution >= 0.6 is 0 Å². The SMILES string of the molecule is O=C(c1ccccc1)N1CCC(N2Cc3ccccc3[C@@H](O)C2)CC1. The lowest BCUT2D eigenvalue weighted by atomic mass is 9.93. The molecule has 1 saturated heterocycles. The molecule has 4 heteroatoms. The molecule has 2 aromatic carbocycles. The molecule has 1 amide bonds. The van der Waals surface area contributed by atoms with Gasteiger partial charge in [-0.05, 0) is 36.1 Å². The lowest BCUT2D eigenvalue weighted by Gasteiger charge is -2.42. The van der Waals surface area contributed by atoms with Crippen molar-refractivity contribution in [2.75, 3.05) is 19.6 Å². The fourth-order valence-corrected chi connectivity index (χ4v) is 4.08. The van der Waals surface area contributed by atoms with Crippen LogP contribution < -0.4 is 0 Å². The Morgan fingerprint density at radius 2 is 1.64 bits per heavy atom. The molecular weight excluding hydrogens is 312 g/mol. The number of fused-ring (bicyclic) bond motifs is 1. The van der Waals surface area contributed by atoms with Gasteiger partial charge in [-0.25, -0.2) is 0 Å². The van der Waals surface area contributed by atoms with Crippen LogP contribution in [0.3, 0.4) is 0 Å². The maximum absolute atomic E-state index is 12.6. The minimum atomic E-state index is -0.408. The maximum Gasteiger partial charge on any atom is 0.253 e. The highest BCUT2D eigenvalue weighted by Crippen LogP contribution is 2.30. The number of likely N-dealkylation sites (tertiary alicyclic amines) is 1. The van der Waals surface area contributed by atoms with Gasteiger partial charge in [0.15, 0.2) is 0 Å². The first-order chi connectivity index (χ1) is 12.2. The lowest BCUT2D eigenvalue weighted by molar-refractivity contribution is 0.0349. The Morgan fingerprint density at radius 1 is 0.960 bits per heavy atom. The van der Waals surface area contributed by atoms with Crippen LogP contribution in [0.5, 0.6) is 0 Å². The summed E-state index contributed by atoms with van der Waals surface area (Å²) in [5.74, 6) is 0.128. The molecule has 0 aromatic heterocycles. The summed E-state index contributed by atoms with van der Waals surface area (Å²) >= 11 is 0. The van der Waals surface area contributed by atoms with Crippen molar-refractivity contribution in [1.29, 1.82) is 0 Å². The van der Waals surface area contributed by atoms with Gasteiger partial charge in [-0.3, -0.25) is 9.69 Å². The second kappa shape index (κ2) is 6.98. The zero-order chi connectivity index (χ0) is 17.2. The summed E-state index contributed by atoms with van der Waals surface area (Å²) in [6, 6.07) is 18.1. The molecule has 1 atom stereocenters. The van der Waals surface area contributed by atoms with Gasteiger partial charge in [-0.15, -0.1) is 0 Å². The Kier molecular flexibility index (Phi) is 4.55. The number of benzene rings is 2. The average molecular weight is 336 g/mol. The molecular formula is C21H24N2O2. The number of nitrogens with zero attached hydrogens (tertiary/aromatic N) is 2. The number of amides is 1. The molecule has 1 fully saturated rings. The van der Waals surface area contributed by atoms with E-state index in [1.807, 2.05) is 53.4 Å². The van der Waals surface area contributed by atoms with Crippen LogP contribution in [0.1, 0.15) is 40.4 Å². The third kappa shape index (κ3) is 3.32. The number of β-amino-alcohol motifs (C(OH)–C–C–N with tert-alkyl or cyclic N) is 1. The number of carbonyl (C=O) groups is 1. The van der Waals surface area contributed by atoms with Gasteiger partial charge in [0.05, 0.1) is 6.10 Å². The van der Waals surface area contributed by atoms with E-state index < -0.39 is 6.10 Å². The Morgan fingerprint density at radius 3 is 2.40 bits per heavy atom. The molecule has 0 radical (unpaired) electrons. The second-order valence-electron chi connectivity index (χ2n) is 7.03. The van der Waals surface area contributed by atoms with Gasteiger partial charge >= 0.3 is 0 Å². The largest absolute Gasteiger partial charge is 0.387 e. The summed E-state index contributed by atoms with van der Waals surface area (Å²) in [6.45, 7) is 3.15. The Bertz CT molecular complexity index is 739. The van der Waals surface area contributed by atoms with Gasteiger partial charge in [0.1, 0.15) is 0 Å². The molecule has 2 aliphatic rings. The average Bonchev–Trinajstić information content (AvgIpc) is 2.68. The van der Waals surface area contributed by atoms with Crippen molar-refractivity contribution in [3.05, 3.63) is 71.3 Å². The molecule has 2 aromatic rings. The van der Waals surface area contributed by atoms with Gasteiger partial charge in [-0.1, -0.05) is 42.5 Å². The molecule has 0 bridgehead atoms. The molecule has 0 unspecified atom stereocenters. The number of hydrogen-bond donors (Lipinski definition) is 1. The molecule has 0 aliphatic carbocycles. The van der Waals surface area contributed by atoms with E-state index >= 15 is 0 Å². The molecule has 0 spiro atoms. The van der Waals surface area contributed by atoms with Gasteiger partial charge in [0.2, 0.25) is 0 Å². The van der Waals surface area contributed by atoms with Crippen LogP contribution in [0.4, 0.5) is 0 Å². The van der Waals surface area contributed by atoms with Crippen LogP contribution in [0, 0.1) is 0 Å². The van der Waals surface area contributed by atoms with Crippen molar-refractivity contribution >= 4 is 5.91 Å². The molecule has 130 valence electrons. The van der Waals surface area contributed by atoms with E-state index in [9.17, 15) is 9.90 Å². The first-order valence-corrected chi connectivity index (χ1v) is 9.06. The van der Waals surface area contributed by atoms with E-state index in [-0.39, 0.29) is 5.91 Å². The lowest BCUT2D eigenvalue weighted by Crippen LogP contribution is -2.48. The smallest absolute Gasteiger partial charge is 0.253 e. The van der Waals surface area contributed by atoms with Gasteiger partial charge in [-0.2, -0.15) is 0 Å². The summed E-state index contributed by atoms with van der Waals surface area (Å²) in [5, 5.41) is 10.4. The van der Waals surface area contributed by atoms with Crippen molar-refractivity contribution in [2.45, 2.75) is 31.5 Å². The van der Waals surface area contributed by atoms with Crippen molar-refractivity contribution in [1.82, 2.24) is 9.80 Å². The number of aliphatic hydroxyl groups is 1. The minimum Gasteiger partial charge on any atom is -0.387 e. The molecule has 2 aliphatic heterocycles. The number of rotatable bonds is 2. The molecule has 4 nitrogen and oxygen atoms in total. The predicted molar refractivity (Wildman–Crippen MR) is 97.2 cm³/mol. The minimum absolute atomic E-state index is 0.128. The van der Waals surface area contributed by atoms with E-state index in [4.69, 9.17) is 0 Å². The van der Waals surface area contributed by atoms with Gasteiger partial charge in [0.25, 0.3) is 5.91 Å². The number of carbonyl (C=O) groups excluding carboxylic acids is 1. The van der Waals surface area contributed by atoms with Crippen LogP contribution in [0.15, 0.2) is 54.6 Å². The van der Waals surface area contributed by atoms with Crippen molar-refractivity contribution < 1.29 is 9.90 Å². The fraction of sp³-hybridized carbons (Fsp3) is 0.381. The third-order valence-corrected chi connectivity index (χ3v) is 5.48. The molecule has 25 heavy (non-hydrogen) atoms. The summed E-state index contributed by atoms with van der Waals surface area (Å²) in [4.78, 5) is 16.9. The van der Waals surface area contributed by atoms with E-state index in [0.29, 0.717) is 12.6 Å². The van der Waals surface area contributed by atoms with E-state index in [1.54, 1.807) is 0 Å². The van der Waals surface area contributed by atoms with E-state index in [2.05, 4.69) is 11.0 Å². The summed E-state index contributed by atoms with van der Waals surface area (Å²) in [5.41, 5.74) is 3.06.